The molecule has 0 radical (unpaired) electrons. The number of fused-ring (bicyclic) bond motifs is 7. The first kappa shape index (κ1) is 30.8. The van der Waals surface area contributed by atoms with Crippen LogP contribution in [-0.4, -0.2) is 20.7 Å². The molecule has 0 bridgehead atoms. The smallest absolute Gasteiger partial charge is 0.192 e. The van der Waals surface area contributed by atoms with Crippen molar-refractivity contribution in [2.24, 2.45) is 50.7 Å². The van der Waals surface area contributed by atoms with E-state index < -0.39 is 8.32 Å². The first-order chi connectivity index (χ1) is 18.2. The monoisotopic (exact) mass is 566 g/mol. The molecule has 3 heteroatoms. The molecule has 0 heterocycles. The normalized spacial score (nSPS) is 43.2. The molecule has 2 nitrogen and oxygen atoms in total. The second kappa shape index (κ2) is 9.17. The molecule has 0 aromatic carbocycles. The van der Waals surface area contributed by atoms with E-state index in [4.69, 9.17) is 4.43 Å². The molecule has 0 aliphatic heterocycles. The van der Waals surface area contributed by atoms with Crippen LogP contribution in [0.25, 0.3) is 0 Å². The third-order valence-electron chi connectivity index (χ3n) is 15.1. The van der Waals surface area contributed by atoms with Crippen LogP contribution in [-0.2, 0) is 9.22 Å². The number of rotatable bonds is 4. The van der Waals surface area contributed by atoms with Crippen molar-refractivity contribution in [3.8, 4) is 0 Å². The van der Waals surface area contributed by atoms with Gasteiger partial charge in [0.05, 0.1) is 0 Å². The maximum absolute atomic E-state index is 13.9. The van der Waals surface area contributed by atoms with Crippen LogP contribution in [0, 0.1) is 50.7 Å². The van der Waals surface area contributed by atoms with Crippen molar-refractivity contribution in [2.75, 3.05) is 6.61 Å². The lowest BCUT2D eigenvalue weighted by Crippen LogP contribution is -2.64. The van der Waals surface area contributed by atoms with E-state index in [-0.39, 0.29) is 15.9 Å². The molecule has 0 saturated heterocycles. The topological polar surface area (TPSA) is 26.3 Å². The molecule has 3 saturated carbocycles. The fourth-order valence-corrected chi connectivity index (χ4v) is 12.3. The molecule has 40 heavy (non-hydrogen) atoms. The number of carbonyl (C=O) groups excluding carboxylic acids is 1. The molecule has 0 spiro atoms. The van der Waals surface area contributed by atoms with Gasteiger partial charge in [-0.05, 0) is 121 Å². The third kappa shape index (κ3) is 3.97. The molecule has 3 fully saturated rings. The zero-order valence-electron chi connectivity index (χ0n) is 28.6. The van der Waals surface area contributed by atoms with Crippen LogP contribution in [0.5, 0.6) is 0 Å². The largest absolute Gasteiger partial charge is 0.416 e. The van der Waals surface area contributed by atoms with Crippen molar-refractivity contribution in [2.45, 2.75) is 146 Å². The molecule has 5 aliphatic carbocycles. The Hall–Kier alpha value is -0.673. The summed E-state index contributed by atoms with van der Waals surface area (Å²) in [5, 5.41) is 0.181. The molecular formula is C37H62O2Si. The Kier molecular flexibility index (Phi) is 7.05. The summed E-state index contributed by atoms with van der Waals surface area (Å²) in [4.78, 5) is 13.9. The minimum Gasteiger partial charge on any atom is -0.416 e. The summed E-state index contributed by atoms with van der Waals surface area (Å²) < 4.78 is 7.02. The molecule has 0 N–H and O–H groups in total. The van der Waals surface area contributed by atoms with Crippen molar-refractivity contribution in [3.63, 3.8) is 0 Å². The average Bonchev–Trinajstić information content (AvgIpc) is 3.13. The minimum absolute atomic E-state index is 0.0760. The number of hydrogen-bond donors (Lipinski definition) is 0. The van der Waals surface area contributed by atoms with Crippen molar-refractivity contribution in [3.05, 3.63) is 22.8 Å². The van der Waals surface area contributed by atoms with Gasteiger partial charge in [0.15, 0.2) is 14.1 Å². The van der Waals surface area contributed by atoms with Gasteiger partial charge in [-0.25, -0.2) is 0 Å². The highest BCUT2D eigenvalue weighted by Gasteiger charge is 2.69. The minimum atomic E-state index is -1.92. The maximum atomic E-state index is 13.9. The van der Waals surface area contributed by atoms with Gasteiger partial charge >= 0.3 is 0 Å². The second-order valence-corrected chi connectivity index (χ2v) is 23.1. The van der Waals surface area contributed by atoms with E-state index in [1.54, 1.807) is 11.1 Å². The zero-order chi connectivity index (χ0) is 29.9. The van der Waals surface area contributed by atoms with Gasteiger partial charge in [-0.3, -0.25) is 4.79 Å². The number of hydrogen-bond acceptors (Lipinski definition) is 2. The van der Waals surface area contributed by atoms with Crippen molar-refractivity contribution >= 4 is 14.1 Å². The first-order valence-electron chi connectivity index (χ1n) is 16.8. The molecule has 5 aliphatic rings. The van der Waals surface area contributed by atoms with Crippen LogP contribution in [0.3, 0.4) is 0 Å². The fraction of sp³-hybridized carbons (Fsp3) is 0.865. The highest BCUT2D eigenvalue weighted by Crippen LogP contribution is 2.76. The van der Waals surface area contributed by atoms with Gasteiger partial charge in [-0.15, -0.1) is 0 Å². The van der Waals surface area contributed by atoms with Crippen molar-refractivity contribution < 1.29 is 9.22 Å². The number of ketones is 1. The molecule has 0 amide bonds. The number of carbonyl (C=O) groups is 1. The van der Waals surface area contributed by atoms with Crippen LogP contribution >= 0.6 is 0 Å². The summed E-state index contributed by atoms with van der Waals surface area (Å²) in [5.41, 5.74) is 5.52. The molecule has 0 aromatic heterocycles. The first-order valence-corrected chi connectivity index (χ1v) is 19.7. The summed E-state index contributed by atoms with van der Waals surface area (Å²) in [6.45, 7) is 32.6. The van der Waals surface area contributed by atoms with Crippen LogP contribution in [0.15, 0.2) is 22.8 Å². The van der Waals surface area contributed by atoms with Crippen LogP contribution in [0.2, 0.25) is 18.1 Å². The maximum Gasteiger partial charge on any atom is 0.192 e. The molecular weight excluding hydrogens is 504 g/mol. The summed E-state index contributed by atoms with van der Waals surface area (Å²) >= 11 is 0. The molecule has 226 valence electrons. The lowest BCUT2D eigenvalue weighted by Gasteiger charge is -2.71. The third-order valence-corrected chi connectivity index (χ3v) is 19.6. The Bertz CT molecular complexity index is 1130. The predicted molar refractivity (Wildman–Crippen MR) is 172 cm³/mol. The van der Waals surface area contributed by atoms with E-state index in [0.29, 0.717) is 40.3 Å². The standard InChI is InChI=1S/C37H62O2Si/c1-24(2)30-27(38)22-37(23-39-40(12,13)32(4,5)6)21-20-35(10)26(31(30)37)14-15-29-34(9)18-16-25(3)33(7,8)28(34)17-19-36(29,35)11/h16,24,26,28-29H,14-15,17-23H2,1-13H3/t26-,28+,29-,34+,35-,36-,37+/m1/s1. The van der Waals surface area contributed by atoms with Crippen LogP contribution in [0.1, 0.15) is 128 Å². The summed E-state index contributed by atoms with van der Waals surface area (Å²) in [7, 11) is -1.92. The molecule has 0 aromatic rings. The van der Waals surface area contributed by atoms with Gasteiger partial charge in [-0.1, -0.05) is 86.5 Å². The van der Waals surface area contributed by atoms with Gasteiger partial charge in [0.1, 0.15) is 0 Å². The predicted octanol–water partition coefficient (Wildman–Crippen LogP) is 10.5. The molecule has 5 rings (SSSR count). The Morgan fingerprint density at radius 1 is 0.950 bits per heavy atom. The van der Waals surface area contributed by atoms with E-state index in [0.717, 1.165) is 24.9 Å². The Morgan fingerprint density at radius 3 is 2.20 bits per heavy atom. The summed E-state index contributed by atoms with van der Waals surface area (Å²) in [6, 6.07) is 0. The van der Waals surface area contributed by atoms with Gasteiger partial charge < -0.3 is 4.43 Å². The number of Topliss-reactive ketones (excluding diaryl/α,β-unsaturated/α-hetero) is 1. The Balaban J connectivity index is 1.57. The van der Waals surface area contributed by atoms with Gasteiger partial charge in [0.25, 0.3) is 0 Å². The molecule has 0 unspecified atom stereocenters. The highest BCUT2D eigenvalue weighted by atomic mass is 28.4. The SMILES string of the molecule is CC1=CC[C@]2(C)[C@H]3CC[C@@H]4C5=C(C(C)C)C(=O)C[C@]5(CO[Si](C)(C)C(C)(C)C)CC[C@@]4(C)[C@]3(C)CC[C@H]2C1(C)C. The zero-order valence-corrected chi connectivity index (χ0v) is 29.6. The van der Waals surface area contributed by atoms with E-state index in [1.165, 1.54) is 44.1 Å². The van der Waals surface area contributed by atoms with E-state index in [1.807, 2.05) is 0 Å². The van der Waals surface area contributed by atoms with Gasteiger partial charge in [0, 0.05) is 18.4 Å². The van der Waals surface area contributed by atoms with Crippen molar-refractivity contribution in [1.29, 1.82) is 0 Å². The molecule has 7 atom stereocenters. The van der Waals surface area contributed by atoms with E-state index in [2.05, 4.69) is 95.3 Å². The van der Waals surface area contributed by atoms with Gasteiger partial charge in [0.2, 0.25) is 0 Å². The van der Waals surface area contributed by atoms with Crippen LogP contribution in [0.4, 0.5) is 0 Å². The average molecular weight is 567 g/mol. The van der Waals surface area contributed by atoms with E-state index in [9.17, 15) is 4.79 Å². The van der Waals surface area contributed by atoms with Crippen LogP contribution < -0.4 is 0 Å². The lowest BCUT2D eigenvalue weighted by molar-refractivity contribution is -0.199. The lowest BCUT2D eigenvalue weighted by atomic mass is 9.33. The highest BCUT2D eigenvalue weighted by molar-refractivity contribution is 6.74. The van der Waals surface area contributed by atoms with Gasteiger partial charge in [-0.2, -0.15) is 0 Å². The number of allylic oxidation sites excluding steroid dienone is 3. The van der Waals surface area contributed by atoms with Crippen molar-refractivity contribution in [1.82, 2.24) is 0 Å². The summed E-state index contributed by atoms with van der Waals surface area (Å²) in [5.74, 6) is 2.77. The van der Waals surface area contributed by atoms with E-state index >= 15 is 0 Å². The Labute approximate surface area is 248 Å². The fourth-order valence-electron chi connectivity index (χ4n) is 11.2. The Morgan fingerprint density at radius 2 is 1.60 bits per heavy atom. The quantitative estimate of drug-likeness (QED) is 0.250. The summed E-state index contributed by atoms with van der Waals surface area (Å²) in [6.07, 6.45) is 12.2. The second-order valence-electron chi connectivity index (χ2n) is 18.3.